The van der Waals surface area contributed by atoms with Crippen LogP contribution in [0, 0.1) is 13.7 Å². The highest BCUT2D eigenvalue weighted by molar-refractivity contribution is 14.1. The Hall–Kier alpha value is -0.930. The molecule has 0 unspecified atom stereocenters. The van der Waals surface area contributed by atoms with Gasteiger partial charge in [0.25, 0.3) is 5.69 Å². The molecule has 0 radical (unpaired) electrons. The van der Waals surface area contributed by atoms with E-state index >= 15 is 0 Å². The largest absolute Gasteiger partial charge is 0.378 e. The van der Waals surface area contributed by atoms with E-state index in [2.05, 4.69) is 38.1 Å². The van der Waals surface area contributed by atoms with Crippen LogP contribution in [-0.2, 0) is 0 Å². The first kappa shape index (κ1) is 14.5. The van der Waals surface area contributed by atoms with E-state index < -0.39 is 0 Å². The third-order valence-electron chi connectivity index (χ3n) is 3.11. The summed E-state index contributed by atoms with van der Waals surface area (Å²) in [6.45, 7) is 5.74. The van der Waals surface area contributed by atoms with Crippen LogP contribution in [0.5, 0.6) is 0 Å². The molecule has 104 valence electrons. The molecule has 1 heterocycles. The van der Waals surface area contributed by atoms with Crippen molar-refractivity contribution in [1.29, 1.82) is 0 Å². The number of hydrogen-bond donors (Lipinski definition) is 2. The molecule has 0 amide bonds. The summed E-state index contributed by atoms with van der Waals surface area (Å²) in [5.74, 6) is 0. The Balaban J connectivity index is 1.89. The number of nitrogens with zero attached hydrogens (tertiary/aromatic N) is 2. The summed E-state index contributed by atoms with van der Waals surface area (Å²) in [4.78, 5) is 13.0. The van der Waals surface area contributed by atoms with Crippen molar-refractivity contribution in [3.05, 3.63) is 31.9 Å². The molecule has 0 spiro atoms. The normalized spacial score (nSPS) is 16.3. The third kappa shape index (κ3) is 4.29. The Morgan fingerprint density at radius 1 is 1.42 bits per heavy atom. The molecule has 19 heavy (non-hydrogen) atoms. The smallest absolute Gasteiger partial charge is 0.293 e. The Labute approximate surface area is 125 Å². The zero-order chi connectivity index (χ0) is 13.7. The fourth-order valence-corrected chi connectivity index (χ4v) is 2.56. The van der Waals surface area contributed by atoms with Crippen molar-refractivity contribution < 1.29 is 4.92 Å². The molecule has 7 heteroatoms. The van der Waals surface area contributed by atoms with Gasteiger partial charge in [-0.2, -0.15) is 0 Å². The molecular formula is C12H17IN4O2. The SMILES string of the molecule is O=[N+]([O-])c1cc(I)ccc1NCCN1CCNCC1. The molecule has 0 aliphatic carbocycles. The van der Waals surface area contributed by atoms with Crippen LogP contribution in [0.25, 0.3) is 0 Å². The molecule has 1 aromatic rings. The number of nitrogens with one attached hydrogen (secondary N) is 2. The third-order valence-corrected chi connectivity index (χ3v) is 3.78. The molecule has 1 aliphatic rings. The highest BCUT2D eigenvalue weighted by Crippen LogP contribution is 2.25. The number of piperazine rings is 1. The van der Waals surface area contributed by atoms with E-state index in [1.165, 1.54) is 0 Å². The minimum absolute atomic E-state index is 0.146. The predicted molar refractivity (Wildman–Crippen MR) is 83.6 cm³/mol. The lowest BCUT2D eigenvalue weighted by atomic mass is 10.2. The number of benzene rings is 1. The zero-order valence-corrected chi connectivity index (χ0v) is 12.7. The van der Waals surface area contributed by atoms with Crippen molar-refractivity contribution in [2.45, 2.75) is 0 Å². The average Bonchev–Trinajstić information content (AvgIpc) is 2.41. The summed E-state index contributed by atoms with van der Waals surface area (Å²) in [7, 11) is 0. The first-order valence-electron chi connectivity index (χ1n) is 6.28. The van der Waals surface area contributed by atoms with E-state index in [1.54, 1.807) is 12.1 Å². The van der Waals surface area contributed by atoms with Gasteiger partial charge in [-0.25, -0.2) is 0 Å². The number of nitro benzene ring substituents is 1. The molecule has 1 aromatic carbocycles. The van der Waals surface area contributed by atoms with Gasteiger partial charge < -0.3 is 10.6 Å². The molecule has 1 aliphatic heterocycles. The van der Waals surface area contributed by atoms with Crippen molar-refractivity contribution in [3.63, 3.8) is 0 Å². The summed E-state index contributed by atoms with van der Waals surface area (Å²) in [6.07, 6.45) is 0. The van der Waals surface area contributed by atoms with Gasteiger partial charge in [0.2, 0.25) is 0 Å². The maximum absolute atomic E-state index is 11.0. The number of hydrogen-bond acceptors (Lipinski definition) is 5. The lowest BCUT2D eigenvalue weighted by Gasteiger charge is -2.27. The Kier molecular flexibility index (Phi) is 5.34. The van der Waals surface area contributed by atoms with Gasteiger partial charge in [0.1, 0.15) is 5.69 Å². The Morgan fingerprint density at radius 3 is 2.84 bits per heavy atom. The van der Waals surface area contributed by atoms with Crippen LogP contribution in [0.4, 0.5) is 11.4 Å². The van der Waals surface area contributed by atoms with Gasteiger partial charge in [-0.3, -0.25) is 15.0 Å². The van der Waals surface area contributed by atoms with Crippen molar-refractivity contribution >= 4 is 34.0 Å². The van der Waals surface area contributed by atoms with Gasteiger partial charge in [-0.1, -0.05) is 0 Å². The van der Waals surface area contributed by atoms with E-state index in [0.29, 0.717) is 5.69 Å². The van der Waals surface area contributed by atoms with Crippen molar-refractivity contribution in [2.24, 2.45) is 0 Å². The number of nitro groups is 1. The molecule has 0 atom stereocenters. The second-order valence-corrected chi connectivity index (χ2v) is 5.68. The van der Waals surface area contributed by atoms with E-state index in [0.717, 1.165) is 42.8 Å². The maximum Gasteiger partial charge on any atom is 0.293 e. The lowest BCUT2D eigenvalue weighted by molar-refractivity contribution is -0.384. The van der Waals surface area contributed by atoms with E-state index in [4.69, 9.17) is 0 Å². The lowest BCUT2D eigenvalue weighted by Crippen LogP contribution is -2.45. The van der Waals surface area contributed by atoms with Gasteiger partial charge in [0.05, 0.1) is 4.92 Å². The Bertz CT molecular complexity index is 449. The van der Waals surface area contributed by atoms with Crippen molar-refractivity contribution in [3.8, 4) is 0 Å². The summed E-state index contributed by atoms with van der Waals surface area (Å²) in [6, 6.07) is 5.24. The quantitative estimate of drug-likeness (QED) is 0.463. The van der Waals surface area contributed by atoms with E-state index in [-0.39, 0.29) is 10.6 Å². The molecule has 6 nitrogen and oxygen atoms in total. The van der Waals surface area contributed by atoms with Crippen molar-refractivity contribution in [2.75, 3.05) is 44.6 Å². The molecular weight excluding hydrogens is 359 g/mol. The second-order valence-electron chi connectivity index (χ2n) is 4.44. The summed E-state index contributed by atoms with van der Waals surface area (Å²) < 4.78 is 0.872. The number of rotatable bonds is 5. The number of halogens is 1. The predicted octanol–water partition coefficient (Wildman–Crippen LogP) is 1.52. The molecule has 1 fully saturated rings. The second kappa shape index (κ2) is 7.01. The van der Waals surface area contributed by atoms with Crippen LogP contribution in [0.2, 0.25) is 0 Å². The molecule has 1 saturated heterocycles. The van der Waals surface area contributed by atoms with Crippen LogP contribution in [-0.4, -0.2) is 49.1 Å². The van der Waals surface area contributed by atoms with Gasteiger partial charge in [-0.15, -0.1) is 0 Å². The Morgan fingerprint density at radius 2 is 2.16 bits per heavy atom. The summed E-state index contributed by atoms with van der Waals surface area (Å²) in [5, 5.41) is 17.4. The maximum atomic E-state index is 11.0. The number of anilines is 1. The van der Waals surface area contributed by atoms with Crippen LogP contribution >= 0.6 is 22.6 Å². The highest BCUT2D eigenvalue weighted by atomic mass is 127. The highest BCUT2D eigenvalue weighted by Gasteiger charge is 2.14. The van der Waals surface area contributed by atoms with Crippen LogP contribution in [0.1, 0.15) is 0 Å². The minimum Gasteiger partial charge on any atom is -0.378 e. The van der Waals surface area contributed by atoms with Crippen molar-refractivity contribution in [1.82, 2.24) is 10.2 Å². The average molecular weight is 376 g/mol. The topological polar surface area (TPSA) is 70.4 Å². The van der Waals surface area contributed by atoms with E-state index in [1.807, 2.05) is 6.07 Å². The van der Waals surface area contributed by atoms with Crippen LogP contribution in [0.15, 0.2) is 18.2 Å². The standard InChI is InChI=1S/C12H17IN4O2/c13-10-1-2-11(12(9-10)17(18)19)15-5-8-16-6-3-14-4-7-16/h1-2,9,14-15H,3-8H2. The molecule has 0 bridgehead atoms. The minimum atomic E-state index is -0.338. The zero-order valence-electron chi connectivity index (χ0n) is 10.6. The molecule has 0 saturated carbocycles. The van der Waals surface area contributed by atoms with Crippen LogP contribution in [0.3, 0.4) is 0 Å². The first-order valence-corrected chi connectivity index (χ1v) is 7.35. The fraction of sp³-hybridized carbons (Fsp3) is 0.500. The molecule has 0 aromatic heterocycles. The summed E-state index contributed by atoms with van der Waals surface area (Å²) in [5.41, 5.74) is 0.743. The van der Waals surface area contributed by atoms with Gasteiger partial charge in [0.15, 0.2) is 0 Å². The van der Waals surface area contributed by atoms with Gasteiger partial charge in [-0.05, 0) is 34.7 Å². The first-order chi connectivity index (χ1) is 9.16. The van der Waals surface area contributed by atoms with Crippen LogP contribution < -0.4 is 10.6 Å². The van der Waals surface area contributed by atoms with Gasteiger partial charge >= 0.3 is 0 Å². The van der Waals surface area contributed by atoms with E-state index in [9.17, 15) is 10.1 Å². The van der Waals surface area contributed by atoms with Gasteiger partial charge in [0, 0.05) is 48.9 Å². The monoisotopic (exact) mass is 376 g/mol. The molecule has 2 N–H and O–H groups in total. The fourth-order valence-electron chi connectivity index (χ4n) is 2.09. The summed E-state index contributed by atoms with van der Waals surface area (Å²) >= 11 is 2.08. The molecule has 2 rings (SSSR count).